The van der Waals surface area contributed by atoms with Crippen LogP contribution in [0.3, 0.4) is 0 Å². The maximum absolute atomic E-state index is 12.6. The summed E-state index contributed by atoms with van der Waals surface area (Å²) < 4.78 is 0.749. The first-order valence-corrected chi connectivity index (χ1v) is 9.80. The van der Waals surface area contributed by atoms with Crippen LogP contribution in [0.5, 0.6) is 0 Å². The number of nitro groups is 1. The predicted octanol–water partition coefficient (Wildman–Crippen LogP) is 3.89. The molecule has 8 heteroatoms. The van der Waals surface area contributed by atoms with E-state index in [-0.39, 0.29) is 11.4 Å². The molecule has 0 fully saturated rings. The Morgan fingerprint density at radius 1 is 1.18 bits per heavy atom. The van der Waals surface area contributed by atoms with Gasteiger partial charge in [-0.25, -0.2) is 0 Å². The van der Waals surface area contributed by atoms with Gasteiger partial charge in [0.25, 0.3) is 17.5 Å². The highest BCUT2D eigenvalue weighted by Crippen LogP contribution is 2.16. The lowest BCUT2D eigenvalue weighted by atomic mass is 10.1. The highest BCUT2D eigenvalue weighted by atomic mass is 127. The van der Waals surface area contributed by atoms with Gasteiger partial charge in [0.1, 0.15) is 5.70 Å². The highest BCUT2D eigenvalue weighted by molar-refractivity contribution is 14.1. The van der Waals surface area contributed by atoms with E-state index in [1.807, 2.05) is 35.6 Å². The summed E-state index contributed by atoms with van der Waals surface area (Å²) in [6, 6.07) is 12.9. The minimum atomic E-state index is -0.511. The van der Waals surface area contributed by atoms with Crippen LogP contribution in [-0.2, 0) is 4.79 Å². The molecule has 0 aliphatic carbocycles. The summed E-state index contributed by atoms with van der Waals surface area (Å²) in [5.74, 6) is -0.869. The van der Waals surface area contributed by atoms with Gasteiger partial charge in [-0.2, -0.15) is 0 Å². The molecule has 2 aromatic carbocycles. The molecule has 0 aromatic heterocycles. The van der Waals surface area contributed by atoms with E-state index >= 15 is 0 Å². The Balaban J connectivity index is 2.32. The highest BCUT2D eigenvalue weighted by Gasteiger charge is 2.16. The Hall–Kier alpha value is -2.75. The van der Waals surface area contributed by atoms with E-state index in [0.717, 1.165) is 16.4 Å². The zero-order valence-electron chi connectivity index (χ0n) is 15.3. The number of nitrogens with one attached hydrogen (secondary N) is 2. The van der Waals surface area contributed by atoms with Crippen molar-refractivity contribution in [2.75, 3.05) is 6.54 Å². The number of rotatable bonds is 8. The zero-order valence-corrected chi connectivity index (χ0v) is 17.4. The SMILES string of the molecule is CCCCNC(=O)/C(=C\c1cccc([N+](=O)[O-])c1)NC(=O)c1ccccc1I. The van der Waals surface area contributed by atoms with Crippen molar-refractivity contribution in [1.82, 2.24) is 10.6 Å². The topological polar surface area (TPSA) is 101 Å². The summed E-state index contributed by atoms with van der Waals surface area (Å²) in [6.07, 6.45) is 3.15. The van der Waals surface area contributed by atoms with Crippen molar-refractivity contribution < 1.29 is 14.5 Å². The summed E-state index contributed by atoms with van der Waals surface area (Å²) in [7, 11) is 0. The van der Waals surface area contributed by atoms with Crippen molar-refractivity contribution >= 4 is 46.2 Å². The second-order valence-electron chi connectivity index (χ2n) is 5.95. The van der Waals surface area contributed by atoms with Gasteiger partial charge in [-0.05, 0) is 52.8 Å². The van der Waals surface area contributed by atoms with Gasteiger partial charge in [0.15, 0.2) is 0 Å². The fourth-order valence-corrected chi connectivity index (χ4v) is 2.99. The van der Waals surface area contributed by atoms with Crippen LogP contribution in [0.25, 0.3) is 6.08 Å². The average molecular weight is 493 g/mol. The number of carbonyl (C=O) groups excluding carboxylic acids is 2. The monoisotopic (exact) mass is 493 g/mol. The van der Waals surface area contributed by atoms with Gasteiger partial charge in [-0.3, -0.25) is 19.7 Å². The normalized spacial score (nSPS) is 11.0. The molecule has 0 aliphatic rings. The van der Waals surface area contributed by atoms with Crippen molar-refractivity contribution in [3.05, 3.63) is 79.0 Å². The van der Waals surface area contributed by atoms with Gasteiger partial charge in [-0.1, -0.05) is 37.6 Å². The molecular weight excluding hydrogens is 473 g/mol. The summed E-state index contributed by atoms with van der Waals surface area (Å²) in [4.78, 5) is 35.7. The predicted molar refractivity (Wildman–Crippen MR) is 116 cm³/mol. The summed E-state index contributed by atoms with van der Waals surface area (Å²) >= 11 is 2.05. The number of hydrogen-bond acceptors (Lipinski definition) is 4. The van der Waals surface area contributed by atoms with E-state index < -0.39 is 16.7 Å². The quantitative estimate of drug-likeness (QED) is 0.192. The molecule has 146 valence electrons. The minimum absolute atomic E-state index is 0.0289. The van der Waals surface area contributed by atoms with E-state index in [4.69, 9.17) is 0 Å². The van der Waals surface area contributed by atoms with Gasteiger partial charge in [-0.15, -0.1) is 0 Å². The molecule has 2 aromatic rings. The minimum Gasteiger partial charge on any atom is -0.351 e. The molecule has 2 N–H and O–H groups in total. The van der Waals surface area contributed by atoms with Crippen LogP contribution in [0, 0.1) is 13.7 Å². The van der Waals surface area contributed by atoms with Crippen molar-refractivity contribution in [3.8, 4) is 0 Å². The fourth-order valence-electron chi connectivity index (χ4n) is 2.36. The molecule has 0 atom stereocenters. The lowest BCUT2D eigenvalue weighted by Crippen LogP contribution is -2.35. The standard InChI is InChI=1S/C20H20IN3O4/c1-2-3-11-22-20(26)18(13-14-7-6-8-15(12-14)24(27)28)23-19(25)16-9-4-5-10-17(16)21/h4-10,12-13H,2-3,11H2,1H3,(H,22,26)(H,23,25)/b18-13+. The number of carbonyl (C=O) groups is 2. The van der Waals surface area contributed by atoms with E-state index in [0.29, 0.717) is 17.7 Å². The van der Waals surface area contributed by atoms with Gasteiger partial charge in [0, 0.05) is 22.2 Å². The molecule has 0 radical (unpaired) electrons. The van der Waals surface area contributed by atoms with Gasteiger partial charge in [0.05, 0.1) is 10.5 Å². The molecule has 0 spiro atoms. The summed E-state index contributed by atoms with van der Waals surface area (Å²) in [5, 5.41) is 16.4. The van der Waals surface area contributed by atoms with Crippen LogP contribution in [0.2, 0.25) is 0 Å². The van der Waals surface area contributed by atoms with E-state index in [2.05, 4.69) is 10.6 Å². The largest absolute Gasteiger partial charge is 0.351 e. The number of hydrogen-bond donors (Lipinski definition) is 2. The number of halogens is 1. The molecule has 2 rings (SSSR count). The van der Waals surface area contributed by atoms with Gasteiger partial charge >= 0.3 is 0 Å². The Labute approximate surface area is 176 Å². The van der Waals surface area contributed by atoms with Crippen molar-refractivity contribution in [2.45, 2.75) is 19.8 Å². The maximum Gasteiger partial charge on any atom is 0.270 e. The lowest BCUT2D eigenvalue weighted by molar-refractivity contribution is -0.384. The van der Waals surface area contributed by atoms with Crippen molar-refractivity contribution in [1.29, 1.82) is 0 Å². The van der Waals surface area contributed by atoms with Crippen LogP contribution in [0.1, 0.15) is 35.7 Å². The molecule has 28 heavy (non-hydrogen) atoms. The molecule has 0 unspecified atom stereocenters. The van der Waals surface area contributed by atoms with Crippen molar-refractivity contribution in [2.24, 2.45) is 0 Å². The molecule has 0 aliphatic heterocycles. The molecule has 0 bridgehead atoms. The molecule has 0 saturated carbocycles. The van der Waals surface area contributed by atoms with Crippen LogP contribution in [0.4, 0.5) is 5.69 Å². The molecule has 0 saturated heterocycles. The number of non-ortho nitro benzene ring substituents is 1. The first kappa shape index (κ1) is 21.5. The van der Waals surface area contributed by atoms with Crippen LogP contribution in [-0.4, -0.2) is 23.3 Å². The maximum atomic E-state index is 12.6. The smallest absolute Gasteiger partial charge is 0.270 e. The number of amides is 2. The molecule has 7 nitrogen and oxygen atoms in total. The third-order valence-electron chi connectivity index (χ3n) is 3.82. The fraction of sp³-hybridized carbons (Fsp3) is 0.200. The summed E-state index contributed by atoms with van der Waals surface area (Å²) in [5.41, 5.74) is 0.817. The van der Waals surface area contributed by atoms with Crippen LogP contribution < -0.4 is 10.6 Å². The first-order chi connectivity index (χ1) is 13.4. The van der Waals surface area contributed by atoms with E-state index in [1.54, 1.807) is 24.3 Å². The van der Waals surface area contributed by atoms with E-state index in [1.165, 1.54) is 24.3 Å². The Morgan fingerprint density at radius 2 is 1.93 bits per heavy atom. The molecule has 2 amide bonds. The first-order valence-electron chi connectivity index (χ1n) is 8.72. The Bertz CT molecular complexity index is 912. The van der Waals surface area contributed by atoms with Gasteiger partial charge < -0.3 is 10.6 Å². The number of nitro benzene ring substituents is 1. The number of benzene rings is 2. The third-order valence-corrected chi connectivity index (χ3v) is 4.76. The van der Waals surface area contributed by atoms with Gasteiger partial charge in [0.2, 0.25) is 0 Å². The van der Waals surface area contributed by atoms with E-state index in [9.17, 15) is 19.7 Å². The zero-order chi connectivity index (χ0) is 20.5. The number of nitrogens with zero attached hydrogens (tertiary/aromatic N) is 1. The average Bonchev–Trinajstić information content (AvgIpc) is 2.68. The third kappa shape index (κ3) is 6.15. The van der Waals surface area contributed by atoms with Crippen LogP contribution >= 0.6 is 22.6 Å². The Morgan fingerprint density at radius 3 is 2.61 bits per heavy atom. The second kappa shape index (κ2) is 10.5. The number of unbranched alkanes of at least 4 members (excludes halogenated alkanes) is 1. The molecular formula is C20H20IN3O4. The van der Waals surface area contributed by atoms with Crippen molar-refractivity contribution in [3.63, 3.8) is 0 Å². The Kier molecular flexibility index (Phi) is 8.12. The van der Waals surface area contributed by atoms with Crippen LogP contribution in [0.15, 0.2) is 54.2 Å². The molecule has 0 heterocycles. The summed E-state index contributed by atoms with van der Waals surface area (Å²) in [6.45, 7) is 2.48. The lowest BCUT2D eigenvalue weighted by Gasteiger charge is -2.12. The second-order valence-corrected chi connectivity index (χ2v) is 7.12.